The van der Waals surface area contributed by atoms with Crippen molar-refractivity contribution in [3.8, 4) is 0 Å². The molecule has 5 heteroatoms. The minimum Gasteiger partial charge on any atom is -0.346 e. The molecule has 2 aromatic heterocycles. The number of carbonyl (C=O) groups excluding carboxylic acids is 1. The van der Waals surface area contributed by atoms with Gasteiger partial charge in [0.15, 0.2) is 5.65 Å². The molecule has 3 aromatic rings. The number of rotatable bonds is 3. The number of amides is 1. The third-order valence-electron chi connectivity index (χ3n) is 5.06. The number of fused-ring (bicyclic) bond motifs is 2. The fraction of sp³-hybridized carbons (Fsp3) is 0.350. The van der Waals surface area contributed by atoms with Crippen LogP contribution >= 0.6 is 0 Å². The highest BCUT2D eigenvalue weighted by Gasteiger charge is 2.15. The number of hydrogen-bond acceptors (Lipinski definition) is 3. The van der Waals surface area contributed by atoms with Gasteiger partial charge in [-0.1, -0.05) is 18.2 Å². The van der Waals surface area contributed by atoms with Gasteiger partial charge < -0.3 is 5.32 Å². The topological polar surface area (TPSA) is 59.3 Å². The SMILES string of the molecule is Cc1nnc2cc(C(=O)NC(C)c3ccc4c(c3)CCCC4)ccn12. The van der Waals surface area contributed by atoms with Crippen molar-refractivity contribution in [3.63, 3.8) is 0 Å². The normalized spacial score (nSPS) is 15.0. The quantitative estimate of drug-likeness (QED) is 0.798. The summed E-state index contributed by atoms with van der Waals surface area (Å²) in [5.74, 6) is 0.720. The smallest absolute Gasteiger partial charge is 0.251 e. The molecule has 1 N–H and O–H groups in total. The van der Waals surface area contributed by atoms with Gasteiger partial charge >= 0.3 is 0 Å². The molecular formula is C20H22N4O. The summed E-state index contributed by atoms with van der Waals surface area (Å²) in [6.07, 6.45) is 6.70. The molecule has 1 amide bonds. The average Bonchev–Trinajstić information content (AvgIpc) is 3.01. The molecule has 1 aliphatic carbocycles. The van der Waals surface area contributed by atoms with Crippen LogP contribution in [-0.4, -0.2) is 20.5 Å². The minimum atomic E-state index is -0.0895. The Balaban J connectivity index is 1.52. The molecule has 0 saturated heterocycles. The molecule has 0 fully saturated rings. The number of carbonyl (C=O) groups is 1. The maximum atomic E-state index is 12.6. The van der Waals surface area contributed by atoms with Gasteiger partial charge in [0.2, 0.25) is 0 Å². The van der Waals surface area contributed by atoms with Crippen molar-refractivity contribution < 1.29 is 4.79 Å². The lowest BCUT2D eigenvalue weighted by Gasteiger charge is -2.20. The Morgan fingerprint density at radius 1 is 1.12 bits per heavy atom. The average molecular weight is 334 g/mol. The van der Waals surface area contributed by atoms with Gasteiger partial charge in [0.1, 0.15) is 5.82 Å². The van der Waals surface area contributed by atoms with Crippen LogP contribution in [0.2, 0.25) is 0 Å². The van der Waals surface area contributed by atoms with Crippen molar-refractivity contribution in [2.24, 2.45) is 0 Å². The number of aromatic nitrogens is 3. The van der Waals surface area contributed by atoms with Gasteiger partial charge in [-0.2, -0.15) is 0 Å². The maximum absolute atomic E-state index is 12.6. The Kier molecular flexibility index (Phi) is 3.99. The van der Waals surface area contributed by atoms with Crippen LogP contribution in [0.1, 0.15) is 58.7 Å². The largest absolute Gasteiger partial charge is 0.346 e. The lowest BCUT2D eigenvalue weighted by atomic mass is 9.89. The van der Waals surface area contributed by atoms with E-state index in [4.69, 9.17) is 0 Å². The molecule has 0 spiro atoms. The van der Waals surface area contributed by atoms with E-state index < -0.39 is 0 Å². The summed E-state index contributed by atoms with van der Waals surface area (Å²) in [4.78, 5) is 12.6. The Morgan fingerprint density at radius 2 is 1.92 bits per heavy atom. The first-order chi connectivity index (χ1) is 12.1. The summed E-state index contributed by atoms with van der Waals surface area (Å²) in [6, 6.07) is 10.2. The molecular weight excluding hydrogens is 312 g/mol. The van der Waals surface area contributed by atoms with Gasteiger partial charge in [0.05, 0.1) is 6.04 Å². The van der Waals surface area contributed by atoms with Gasteiger partial charge in [0.25, 0.3) is 5.91 Å². The zero-order chi connectivity index (χ0) is 17.4. The summed E-state index contributed by atoms with van der Waals surface area (Å²) in [5, 5.41) is 11.2. The Morgan fingerprint density at radius 3 is 2.76 bits per heavy atom. The van der Waals surface area contributed by atoms with Crippen molar-refractivity contribution in [1.82, 2.24) is 19.9 Å². The van der Waals surface area contributed by atoms with Crippen molar-refractivity contribution in [2.45, 2.75) is 45.6 Å². The molecule has 5 nitrogen and oxygen atoms in total. The second-order valence-corrected chi connectivity index (χ2v) is 6.82. The van der Waals surface area contributed by atoms with E-state index in [9.17, 15) is 4.79 Å². The maximum Gasteiger partial charge on any atom is 0.251 e. The molecule has 0 bridgehead atoms. The molecule has 1 atom stereocenters. The Labute approximate surface area is 147 Å². The third kappa shape index (κ3) is 3.02. The predicted molar refractivity (Wildman–Crippen MR) is 96.7 cm³/mol. The molecule has 1 unspecified atom stereocenters. The first-order valence-corrected chi connectivity index (χ1v) is 8.86. The minimum absolute atomic E-state index is 0.0319. The van der Waals surface area contributed by atoms with Gasteiger partial charge in [-0.3, -0.25) is 9.20 Å². The highest BCUT2D eigenvalue weighted by molar-refractivity contribution is 5.95. The second kappa shape index (κ2) is 6.31. The lowest BCUT2D eigenvalue weighted by Crippen LogP contribution is -2.27. The zero-order valence-corrected chi connectivity index (χ0v) is 14.6. The molecule has 0 aliphatic heterocycles. The number of pyridine rings is 1. The lowest BCUT2D eigenvalue weighted by molar-refractivity contribution is 0.0940. The van der Waals surface area contributed by atoms with E-state index in [0.29, 0.717) is 11.2 Å². The highest BCUT2D eigenvalue weighted by atomic mass is 16.1. The zero-order valence-electron chi connectivity index (χ0n) is 14.6. The molecule has 2 heterocycles. The van der Waals surface area contributed by atoms with Gasteiger partial charge in [-0.15, -0.1) is 10.2 Å². The third-order valence-corrected chi connectivity index (χ3v) is 5.06. The van der Waals surface area contributed by atoms with Crippen LogP contribution in [0.25, 0.3) is 5.65 Å². The fourth-order valence-corrected chi connectivity index (χ4v) is 3.54. The van der Waals surface area contributed by atoms with Gasteiger partial charge in [0, 0.05) is 11.8 Å². The Hall–Kier alpha value is -2.69. The van der Waals surface area contributed by atoms with Crippen molar-refractivity contribution in [2.75, 3.05) is 0 Å². The van der Waals surface area contributed by atoms with Crippen molar-refractivity contribution in [1.29, 1.82) is 0 Å². The van der Waals surface area contributed by atoms with Gasteiger partial charge in [-0.25, -0.2) is 0 Å². The monoisotopic (exact) mass is 334 g/mol. The molecule has 25 heavy (non-hydrogen) atoms. The Bertz CT molecular complexity index is 944. The van der Waals surface area contributed by atoms with Crippen LogP contribution in [0.5, 0.6) is 0 Å². The van der Waals surface area contributed by atoms with E-state index in [-0.39, 0.29) is 11.9 Å². The van der Waals surface area contributed by atoms with Crippen LogP contribution < -0.4 is 5.32 Å². The number of benzene rings is 1. The summed E-state index contributed by atoms with van der Waals surface area (Å²) in [6.45, 7) is 3.92. The standard InChI is InChI=1S/C20H22N4O/c1-13(16-8-7-15-5-3-4-6-17(15)11-16)21-20(25)18-9-10-24-14(2)22-23-19(24)12-18/h7-13H,3-6H2,1-2H3,(H,21,25). The van der Waals surface area contributed by atoms with Crippen LogP contribution in [0.15, 0.2) is 36.5 Å². The summed E-state index contributed by atoms with van der Waals surface area (Å²) in [7, 11) is 0. The van der Waals surface area contributed by atoms with E-state index in [1.165, 1.54) is 30.4 Å². The van der Waals surface area contributed by atoms with Crippen LogP contribution in [-0.2, 0) is 12.8 Å². The highest BCUT2D eigenvalue weighted by Crippen LogP contribution is 2.25. The number of nitrogens with one attached hydrogen (secondary N) is 1. The summed E-state index contributed by atoms with van der Waals surface area (Å²) in [5.41, 5.74) is 5.34. The van der Waals surface area contributed by atoms with E-state index in [1.807, 2.05) is 24.4 Å². The summed E-state index contributed by atoms with van der Waals surface area (Å²) >= 11 is 0. The van der Waals surface area contributed by atoms with Crippen molar-refractivity contribution >= 4 is 11.6 Å². The van der Waals surface area contributed by atoms with E-state index in [1.54, 1.807) is 12.1 Å². The van der Waals surface area contributed by atoms with Crippen molar-refractivity contribution in [3.05, 3.63) is 64.6 Å². The van der Waals surface area contributed by atoms with Crippen LogP contribution in [0, 0.1) is 6.92 Å². The summed E-state index contributed by atoms with van der Waals surface area (Å²) < 4.78 is 1.86. The number of nitrogens with zero attached hydrogens (tertiary/aromatic N) is 3. The van der Waals surface area contributed by atoms with E-state index in [2.05, 4.69) is 33.7 Å². The first-order valence-electron chi connectivity index (χ1n) is 8.86. The van der Waals surface area contributed by atoms with Crippen LogP contribution in [0.4, 0.5) is 0 Å². The van der Waals surface area contributed by atoms with Gasteiger partial charge in [-0.05, 0) is 68.4 Å². The molecule has 1 aliphatic rings. The number of hydrogen-bond donors (Lipinski definition) is 1. The molecule has 4 rings (SSSR count). The fourth-order valence-electron chi connectivity index (χ4n) is 3.54. The van der Waals surface area contributed by atoms with E-state index in [0.717, 1.165) is 17.8 Å². The molecule has 128 valence electrons. The second-order valence-electron chi connectivity index (χ2n) is 6.82. The number of aryl methyl sites for hydroxylation is 3. The van der Waals surface area contributed by atoms with E-state index >= 15 is 0 Å². The molecule has 0 radical (unpaired) electrons. The molecule has 0 saturated carbocycles. The van der Waals surface area contributed by atoms with Crippen LogP contribution in [0.3, 0.4) is 0 Å². The predicted octanol–water partition coefficient (Wildman–Crippen LogP) is 3.41. The molecule has 1 aromatic carbocycles. The first kappa shape index (κ1) is 15.8.